The molecule has 0 amide bonds. The van der Waals surface area contributed by atoms with Gasteiger partial charge in [-0.15, -0.1) is 0 Å². The summed E-state index contributed by atoms with van der Waals surface area (Å²) in [5.74, 6) is -2.56. The zero-order valence-electron chi connectivity index (χ0n) is 11.7. The predicted molar refractivity (Wildman–Crippen MR) is 72.5 cm³/mol. The van der Waals surface area contributed by atoms with E-state index in [-0.39, 0.29) is 19.5 Å². The van der Waals surface area contributed by atoms with E-state index < -0.39 is 34.6 Å². The Morgan fingerprint density at radius 2 is 1.65 bits per heavy atom. The molecule has 20 heavy (non-hydrogen) atoms. The third-order valence-electron chi connectivity index (χ3n) is 2.52. The van der Waals surface area contributed by atoms with E-state index in [1.165, 1.54) is 4.31 Å². The first-order valence-electron chi connectivity index (χ1n) is 6.46. The molecule has 0 aliphatic rings. The maximum atomic E-state index is 12.1. The molecule has 0 saturated carbocycles. The Labute approximate surface area is 119 Å². The smallest absolute Gasteiger partial charge is 0.321 e. The Kier molecular flexibility index (Phi) is 8.35. The molecule has 3 N–H and O–H groups in total. The number of hydrogen-bond donors (Lipinski definition) is 3. The van der Waals surface area contributed by atoms with E-state index in [0.29, 0.717) is 12.8 Å². The normalized spacial score (nSPS) is 13.3. The highest BCUT2D eigenvalue weighted by molar-refractivity contribution is 7.87. The van der Waals surface area contributed by atoms with Crippen LogP contribution in [0.2, 0.25) is 0 Å². The van der Waals surface area contributed by atoms with Crippen LogP contribution >= 0.6 is 0 Å². The van der Waals surface area contributed by atoms with Crippen LogP contribution in [0.3, 0.4) is 0 Å². The fourth-order valence-electron chi connectivity index (χ4n) is 1.61. The number of carboxylic acids is 2. The number of rotatable bonds is 11. The van der Waals surface area contributed by atoms with Crippen molar-refractivity contribution in [3.05, 3.63) is 0 Å². The van der Waals surface area contributed by atoms with Gasteiger partial charge in [0.05, 0.1) is 0 Å². The van der Waals surface area contributed by atoms with Gasteiger partial charge in [-0.25, -0.2) is 0 Å². The molecule has 1 atom stereocenters. The minimum Gasteiger partial charge on any atom is -0.481 e. The van der Waals surface area contributed by atoms with E-state index in [1.807, 2.05) is 13.8 Å². The van der Waals surface area contributed by atoms with Gasteiger partial charge in [0.1, 0.15) is 6.04 Å². The van der Waals surface area contributed by atoms with Crippen LogP contribution in [-0.4, -0.2) is 54.0 Å². The number of carboxylic acid groups (broad SMARTS) is 2. The predicted octanol–water partition coefficient (Wildman–Crippen LogP) is 0.261. The molecule has 0 rings (SSSR count). The van der Waals surface area contributed by atoms with Gasteiger partial charge in [0.25, 0.3) is 10.2 Å². The molecule has 0 saturated heterocycles. The lowest BCUT2D eigenvalue weighted by Gasteiger charge is -2.23. The van der Waals surface area contributed by atoms with Gasteiger partial charge < -0.3 is 10.2 Å². The molecule has 0 aromatic heterocycles. The van der Waals surface area contributed by atoms with Crippen LogP contribution in [0.15, 0.2) is 0 Å². The molecule has 0 fully saturated rings. The van der Waals surface area contributed by atoms with Crippen molar-refractivity contribution in [2.45, 2.75) is 45.6 Å². The monoisotopic (exact) mass is 310 g/mol. The number of carbonyl (C=O) groups is 2. The number of nitrogens with one attached hydrogen (secondary N) is 1. The van der Waals surface area contributed by atoms with E-state index >= 15 is 0 Å². The van der Waals surface area contributed by atoms with Crippen LogP contribution in [0.25, 0.3) is 0 Å². The second kappa shape index (κ2) is 8.88. The molecule has 8 nitrogen and oxygen atoms in total. The highest BCUT2D eigenvalue weighted by atomic mass is 32.2. The van der Waals surface area contributed by atoms with Crippen LogP contribution in [0.5, 0.6) is 0 Å². The molecule has 0 aliphatic carbocycles. The van der Waals surface area contributed by atoms with Crippen LogP contribution in [0, 0.1) is 0 Å². The first-order valence-corrected chi connectivity index (χ1v) is 7.90. The standard InChI is InChI=1S/C11H22N2O6S/c1-3-7-13(8-4-2)20(18,19)12-9(11(16)17)5-6-10(14)15/h9,12H,3-8H2,1-2H3,(H,14,15)(H,16,17). The lowest BCUT2D eigenvalue weighted by atomic mass is 10.2. The molecule has 0 radical (unpaired) electrons. The lowest BCUT2D eigenvalue weighted by molar-refractivity contribution is -0.140. The van der Waals surface area contributed by atoms with Gasteiger partial charge in [-0.1, -0.05) is 13.8 Å². The first kappa shape index (κ1) is 18.8. The van der Waals surface area contributed by atoms with Gasteiger partial charge in [0.15, 0.2) is 0 Å². The SMILES string of the molecule is CCCN(CCC)S(=O)(=O)NC(CCC(=O)O)C(=O)O. The zero-order valence-corrected chi connectivity index (χ0v) is 12.5. The second-order valence-corrected chi connectivity index (χ2v) is 6.05. The molecule has 0 bridgehead atoms. The molecule has 1 unspecified atom stereocenters. The molecule has 0 aromatic carbocycles. The van der Waals surface area contributed by atoms with Crippen LogP contribution in [-0.2, 0) is 19.8 Å². The van der Waals surface area contributed by atoms with Gasteiger partial charge in [-0.3, -0.25) is 9.59 Å². The summed E-state index contributed by atoms with van der Waals surface area (Å²) in [5, 5.41) is 17.5. The minimum atomic E-state index is -3.93. The summed E-state index contributed by atoms with van der Waals surface area (Å²) >= 11 is 0. The third-order valence-corrected chi connectivity index (χ3v) is 4.15. The molecule has 0 spiro atoms. The van der Waals surface area contributed by atoms with E-state index in [4.69, 9.17) is 10.2 Å². The maximum absolute atomic E-state index is 12.1. The van der Waals surface area contributed by atoms with Gasteiger partial charge in [0, 0.05) is 19.5 Å². The summed E-state index contributed by atoms with van der Waals surface area (Å²) < 4.78 is 27.4. The van der Waals surface area contributed by atoms with Crippen molar-refractivity contribution < 1.29 is 28.2 Å². The summed E-state index contributed by atoms with van der Waals surface area (Å²) in [4.78, 5) is 21.4. The molecule has 0 aliphatic heterocycles. The number of aliphatic carboxylic acids is 2. The van der Waals surface area contributed by atoms with Crippen molar-refractivity contribution in [3.8, 4) is 0 Å². The highest BCUT2D eigenvalue weighted by Gasteiger charge is 2.28. The van der Waals surface area contributed by atoms with Gasteiger partial charge >= 0.3 is 11.9 Å². The van der Waals surface area contributed by atoms with Gasteiger partial charge in [0.2, 0.25) is 0 Å². The Morgan fingerprint density at radius 3 is 2.00 bits per heavy atom. The van der Waals surface area contributed by atoms with Crippen LogP contribution < -0.4 is 4.72 Å². The van der Waals surface area contributed by atoms with E-state index in [2.05, 4.69) is 4.72 Å². The van der Waals surface area contributed by atoms with Crippen molar-refractivity contribution in [3.63, 3.8) is 0 Å². The average molecular weight is 310 g/mol. The number of hydrogen-bond acceptors (Lipinski definition) is 4. The van der Waals surface area contributed by atoms with Gasteiger partial charge in [-0.05, 0) is 19.3 Å². The van der Waals surface area contributed by atoms with E-state index in [1.54, 1.807) is 0 Å². The Bertz CT molecular complexity index is 417. The van der Waals surface area contributed by atoms with Gasteiger partial charge in [-0.2, -0.15) is 17.4 Å². The van der Waals surface area contributed by atoms with Crippen molar-refractivity contribution in [1.82, 2.24) is 9.03 Å². The maximum Gasteiger partial charge on any atom is 0.321 e. The topological polar surface area (TPSA) is 124 Å². The Morgan fingerprint density at radius 1 is 1.15 bits per heavy atom. The number of nitrogens with zero attached hydrogens (tertiary/aromatic N) is 1. The lowest BCUT2D eigenvalue weighted by Crippen LogP contribution is -2.48. The largest absolute Gasteiger partial charge is 0.481 e. The zero-order chi connectivity index (χ0) is 15.8. The second-order valence-electron chi connectivity index (χ2n) is 4.35. The fraction of sp³-hybridized carbons (Fsp3) is 0.818. The van der Waals surface area contributed by atoms with Crippen molar-refractivity contribution in [2.75, 3.05) is 13.1 Å². The molecule has 9 heteroatoms. The van der Waals surface area contributed by atoms with E-state index in [0.717, 1.165) is 0 Å². The first-order chi connectivity index (χ1) is 9.24. The van der Waals surface area contributed by atoms with Crippen LogP contribution in [0.1, 0.15) is 39.5 Å². The molecule has 118 valence electrons. The molecule has 0 heterocycles. The average Bonchev–Trinajstić information content (AvgIpc) is 2.33. The Hall–Kier alpha value is -1.19. The third kappa shape index (κ3) is 6.83. The fourth-order valence-corrected chi connectivity index (χ4v) is 3.18. The highest BCUT2D eigenvalue weighted by Crippen LogP contribution is 2.06. The summed E-state index contributed by atoms with van der Waals surface area (Å²) in [6.07, 6.45) is 0.499. The van der Waals surface area contributed by atoms with Crippen molar-refractivity contribution in [2.24, 2.45) is 0 Å². The minimum absolute atomic E-state index is 0.286. The summed E-state index contributed by atoms with van der Waals surface area (Å²) in [6.45, 7) is 4.21. The summed E-state index contributed by atoms with van der Waals surface area (Å²) in [6, 6.07) is -1.44. The van der Waals surface area contributed by atoms with Crippen LogP contribution in [0.4, 0.5) is 0 Å². The molecule has 0 aromatic rings. The Balaban J connectivity index is 4.88. The van der Waals surface area contributed by atoms with Crippen molar-refractivity contribution >= 4 is 22.1 Å². The summed E-state index contributed by atoms with van der Waals surface area (Å²) in [7, 11) is -3.93. The summed E-state index contributed by atoms with van der Waals surface area (Å²) in [5.41, 5.74) is 0. The van der Waals surface area contributed by atoms with Crippen molar-refractivity contribution in [1.29, 1.82) is 0 Å². The molecular formula is C11H22N2O6S. The van der Waals surface area contributed by atoms with E-state index in [9.17, 15) is 18.0 Å². The molecular weight excluding hydrogens is 288 g/mol. The quantitative estimate of drug-likeness (QED) is 0.503.